The summed E-state index contributed by atoms with van der Waals surface area (Å²) in [4.78, 5) is 14.8. The van der Waals surface area contributed by atoms with Crippen molar-refractivity contribution in [1.29, 1.82) is 0 Å². The molecular weight excluding hydrogens is 364 g/mol. The highest BCUT2D eigenvalue weighted by molar-refractivity contribution is 6.30. The molecule has 8 heteroatoms. The van der Waals surface area contributed by atoms with Crippen LogP contribution in [-0.4, -0.2) is 51.3 Å². The van der Waals surface area contributed by atoms with Gasteiger partial charge in [-0.15, -0.1) is 10.2 Å². The van der Waals surface area contributed by atoms with Crippen molar-refractivity contribution in [1.82, 2.24) is 30.0 Å². The number of halogens is 1. The molecule has 0 spiro atoms. The topological polar surface area (TPSA) is 75.4 Å². The van der Waals surface area contributed by atoms with E-state index >= 15 is 0 Å². The van der Waals surface area contributed by atoms with Crippen molar-refractivity contribution in [2.24, 2.45) is 0 Å². The van der Waals surface area contributed by atoms with Gasteiger partial charge in [0.2, 0.25) is 0 Å². The summed E-state index contributed by atoms with van der Waals surface area (Å²) in [5.74, 6) is -0.0337. The zero-order valence-electron chi connectivity index (χ0n) is 15.8. The maximum Gasteiger partial charge on any atom is 0.271 e. The van der Waals surface area contributed by atoms with Crippen LogP contribution in [0.1, 0.15) is 47.4 Å². The van der Waals surface area contributed by atoms with Crippen molar-refractivity contribution >= 4 is 23.2 Å². The van der Waals surface area contributed by atoms with Gasteiger partial charge in [-0.2, -0.15) is 9.61 Å². The van der Waals surface area contributed by atoms with Crippen LogP contribution >= 0.6 is 11.6 Å². The van der Waals surface area contributed by atoms with Gasteiger partial charge in [-0.25, -0.2) is 0 Å². The first-order valence-corrected chi connectivity index (χ1v) is 9.15. The smallest absolute Gasteiger partial charge is 0.271 e. The summed E-state index contributed by atoms with van der Waals surface area (Å²) in [7, 11) is 3.94. The second kappa shape index (κ2) is 8.02. The summed E-state index contributed by atoms with van der Waals surface area (Å²) in [6.07, 6.45) is 1.51. The van der Waals surface area contributed by atoms with E-state index in [0.717, 1.165) is 11.1 Å². The summed E-state index contributed by atoms with van der Waals surface area (Å²) in [6, 6.07) is 9.44. The highest BCUT2D eigenvalue weighted by atomic mass is 35.5. The maximum absolute atomic E-state index is 12.7. The maximum atomic E-state index is 12.7. The number of likely N-dealkylation sites (N-methyl/N-ethyl adjacent to an activating group) is 1. The molecule has 142 valence electrons. The Balaban J connectivity index is 1.81. The Morgan fingerprint density at radius 3 is 2.74 bits per heavy atom. The first-order valence-electron chi connectivity index (χ1n) is 8.78. The van der Waals surface area contributed by atoms with Gasteiger partial charge in [0.1, 0.15) is 12.0 Å². The number of nitrogens with zero attached hydrogens (tertiary/aromatic N) is 5. The minimum absolute atomic E-state index is 0.00383. The third-order valence-corrected chi connectivity index (χ3v) is 4.70. The number of hydrogen-bond acceptors (Lipinski definition) is 5. The highest BCUT2D eigenvalue weighted by Crippen LogP contribution is 2.22. The van der Waals surface area contributed by atoms with E-state index in [1.54, 1.807) is 10.6 Å². The Kier molecular flexibility index (Phi) is 5.72. The molecule has 1 N–H and O–H groups in total. The Bertz CT molecular complexity index is 952. The van der Waals surface area contributed by atoms with Gasteiger partial charge in [0.25, 0.3) is 5.91 Å². The Morgan fingerprint density at radius 2 is 2.07 bits per heavy atom. The van der Waals surface area contributed by atoms with E-state index in [0.29, 0.717) is 22.9 Å². The van der Waals surface area contributed by atoms with Gasteiger partial charge >= 0.3 is 0 Å². The average molecular weight is 387 g/mol. The van der Waals surface area contributed by atoms with Gasteiger partial charge in [-0.05, 0) is 43.8 Å². The molecule has 3 rings (SSSR count). The number of hydrogen-bond donors (Lipinski definition) is 1. The molecular formula is C19H23ClN6O. The second-order valence-electron chi connectivity index (χ2n) is 6.98. The molecule has 0 saturated carbocycles. The number of fused-ring (bicyclic) bond motifs is 1. The highest BCUT2D eigenvalue weighted by Gasteiger charge is 2.19. The third kappa shape index (κ3) is 4.26. The van der Waals surface area contributed by atoms with Crippen molar-refractivity contribution in [3.63, 3.8) is 0 Å². The lowest BCUT2D eigenvalue weighted by Crippen LogP contribution is -2.35. The lowest BCUT2D eigenvalue weighted by atomic mass is 10.0. The number of carbonyl (C=O) groups excluding carboxylic acids is 1. The fraction of sp³-hybridized carbons (Fsp3) is 0.368. The minimum Gasteiger partial charge on any atom is -0.349 e. The minimum atomic E-state index is -0.235. The van der Waals surface area contributed by atoms with E-state index in [2.05, 4.69) is 20.6 Å². The predicted octanol–water partition coefficient (Wildman–Crippen LogP) is 2.93. The molecule has 0 bridgehead atoms. The SMILES string of the molecule is CC(C)c1cc(C(=O)NCC(c2cccc(Cl)c2)N(C)C)nn2cnnc12. The molecule has 2 aromatic heterocycles. The molecule has 1 aromatic carbocycles. The molecule has 0 aliphatic rings. The van der Waals surface area contributed by atoms with Crippen molar-refractivity contribution in [3.05, 3.63) is 58.5 Å². The second-order valence-corrected chi connectivity index (χ2v) is 7.42. The van der Waals surface area contributed by atoms with E-state index in [-0.39, 0.29) is 17.9 Å². The average Bonchev–Trinajstić information content (AvgIpc) is 3.09. The number of benzene rings is 1. The molecule has 7 nitrogen and oxygen atoms in total. The number of rotatable bonds is 6. The third-order valence-electron chi connectivity index (χ3n) is 4.46. The van der Waals surface area contributed by atoms with E-state index in [4.69, 9.17) is 11.6 Å². The molecule has 3 aromatic rings. The monoisotopic (exact) mass is 386 g/mol. The van der Waals surface area contributed by atoms with Crippen molar-refractivity contribution in [3.8, 4) is 0 Å². The molecule has 27 heavy (non-hydrogen) atoms. The van der Waals surface area contributed by atoms with Crippen LogP contribution in [0, 0.1) is 0 Å². The van der Waals surface area contributed by atoms with Gasteiger partial charge in [0, 0.05) is 17.1 Å². The molecule has 0 radical (unpaired) electrons. The fourth-order valence-electron chi connectivity index (χ4n) is 2.98. The molecule has 0 fully saturated rings. The van der Waals surface area contributed by atoms with Crippen LogP contribution in [0.4, 0.5) is 0 Å². The van der Waals surface area contributed by atoms with E-state index in [1.165, 1.54) is 6.33 Å². The summed E-state index contributed by atoms with van der Waals surface area (Å²) < 4.78 is 1.55. The molecule has 2 heterocycles. The van der Waals surface area contributed by atoms with Crippen LogP contribution in [0.2, 0.25) is 5.02 Å². The molecule has 0 aliphatic heterocycles. The summed E-state index contributed by atoms with van der Waals surface area (Å²) in [6.45, 7) is 4.53. The van der Waals surface area contributed by atoms with Gasteiger partial charge in [-0.3, -0.25) is 4.79 Å². The fourth-order valence-corrected chi connectivity index (χ4v) is 3.18. The molecule has 1 atom stereocenters. The van der Waals surface area contributed by atoms with Crippen LogP contribution in [0.15, 0.2) is 36.7 Å². The van der Waals surface area contributed by atoms with Crippen LogP contribution in [0.3, 0.4) is 0 Å². The predicted molar refractivity (Wildman–Crippen MR) is 105 cm³/mol. The normalized spacial score (nSPS) is 12.7. The number of aromatic nitrogens is 4. The quantitative estimate of drug-likeness (QED) is 0.705. The van der Waals surface area contributed by atoms with Gasteiger partial charge in [-0.1, -0.05) is 37.6 Å². The number of amides is 1. The van der Waals surface area contributed by atoms with Crippen LogP contribution < -0.4 is 5.32 Å². The Labute approximate surface area is 163 Å². The largest absolute Gasteiger partial charge is 0.349 e. The Hall–Kier alpha value is -2.51. The first-order chi connectivity index (χ1) is 12.9. The van der Waals surface area contributed by atoms with Crippen molar-refractivity contribution < 1.29 is 4.79 Å². The van der Waals surface area contributed by atoms with Crippen molar-refractivity contribution in [2.45, 2.75) is 25.8 Å². The van der Waals surface area contributed by atoms with Gasteiger partial charge in [0.05, 0.1) is 6.04 Å². The van der Waals surface area contributed by atoms with Gasteiger partial charge in [0.15, 0.2) is 5.65 Å². The van der Waals surface area contributed by atoms with Crippen molar-refractivity contribution in [2.75, 3.05) is 20.6 Å². The summed E-state index contributed by atoms with van der Waals surface area (Å²) in [5.41, 5.74) is 2.99. The van der Waals surface area contributed by atoms with E-state index < -0.39 is 0 Å². The zero-order chi connectivity index (χ0) is 19.6. The van der Waals surface area contributed by atoms with Crippen LogP contribution in [0.25, 0.3) is 5.65 Å². The van der Waals surface area contributed by atoms with Crippen LogP contribution in [-0.2, 0) is 0 Å². The Morgan fingerprint density at radius 1 is 1.30 bits per heavy atom. The van der Waals surface area contributed by atoms with Gasteiger partial charge < -0.3 is 10.2 Å². The molecule has 1 unspecified atom stereocenters. The summed E-state index contributed by atoms with van der Waals surface area (Å²) in [5, 5.41) is 16.0. The number of carbonyl (C=O) groups is 1. The standard InChI is InChI=1S/C19H23ClN6O/c1-12(2)15-9-16(24-26-11-22-23-18(15)26)19(27)21-10-17(25(3)4)13-6-5-7-14(20)8-13/h5-9,11-12,17H,10H2,1-4H3,(H,21,27). The zero-order valence-corrected chi connectivity index (χ0v) is 16.6. The number of nitrogens with one attached hydrogen (secondary N) is 1. The molecule has 0 aliphatic carbocycles. The molecule has 0 saturated heterocycles. The lowest BCUT2D eigenvalue weighted by Gasteiger charge is -2.25. The summed E-state index contributed by atoms with van der Waals surface area (Å²) >= 11 is 6.11. The van der Waals surface area contributed by atoms with E-state index in [1.807, 2.05) is 57.1 Å². The van der Waals surface area contributed by atoms with E-state index in [9.17, 15) is 4.79 Å². The molecule has 1 amide bonds. The van der Waals surface area contributed by atoms with Crippen LogP contribution in [0.5, 0.6) is 0 Å². The first kappa shape index (κ1) is 19.3. The lowest BCUT2D eigenvalue weighted by molar-refractivity contribution is 0.0935.